The average Bonchev–Trinajstić information content (AvgIpc) is 2.68. The number of aromatic nitrogens is 2. The maximum absolute atomic E-state index is 6.21. The fourth-order valence-electron chi connectivity index (χ4n) is 2.85. The van der Waals surface area contributed by atoms with Crippen LogP contribution in [0.25, 0.3) is 0 Å². The molecular formula is C17H25N3. The highest BCUT2D eigenvalue weighted by Gasteiger charge is 2.17. The third-order valence-corrected chi connectivity index (χ3v) is 4.20. The molecule has 0 radical (unpaired) electrons. The molecule has 1 aromatic carbocycles. The fraction of sp³-hybridized carbons (Fsp3) is 0.471. The van der Waals surface area contributed by atoms with Crippen molar-refractivity contribution in [3.8, 4) is 0 Å². The lowest BCUT2D eigenvalue weighted by Gasteiger charge is -2.13. The highest BCUT2D eigenvalue weighted by atomic mass is 15.3. The first-order chi connectivity index (χ1) is 9.45. The van der Waals surface area contributed by atoms with Crippen LogP contribution in [0.4, 0.5) is 0 Å². The van der Waals surface area contributed by atoms with Crippen molar-refractivity contribution >= 4 is 0 Å². The molecule has 0 aliphatic heterocycles. The summed E-state index contributed by atoms with van der Waals surface area (Å²) in [5, 5.41) is 4.69. The van der Waals surface area contributed by atoms with Gasteiger partial charge in [0.2, 0.25) is 0 Å². The lowest BCUT2D eigenvalue weighted by Crippen LogP contribution is -2.12. The second-order valence-corrected chi connectivity index (χ2v) is 5.63. The molecule has 2 N–H and O–H groups in total. The van der Waals surface area contributed by atoms with Crippen LogP contribution >= 0.6 is 0 Å². The normalized spacial score (nSPS) is 12.7. The van der Waals surface area contributed by atoms with E-state index in [0.717, 1.165) is 18.7 Å². The van der Waals surface area contributed by atoms with Crippen molar-refractivity contribution in [2.45, 2.75) is 53.6 Å². The third-order valence-electron chi connectivity index (χ3n) is 4.20. The maximum atomic E-state index is 6.21. The first kappa shape index (κ1) is 14.8. The van der Waals surface area contributed by atoms with Crippen LogP contribution in [-0.2, 0) is 6.54 Å². The van der Waals surface area contributed by atoms with Crippen molar-refractivity contribution in [1.82, 2.24) is 9.78 Å². The molecule has 2 rings (SSSR count). The maximum Gasteiger partial charge on any atom is 0.0667 e. The predicted octanol–water partition coefficient (Wildman–Crippen LogP) is 3.57. The summed E-state index contributed by atoms with van der Waals surface area (Å²) >= 11 is 0. The van der Waals surface area contributed by atoms with Crippen LogP contribution in [0.2, 0.25) is 0 Å². The smallest absolute Gasteiger partial charge is 0.0667 e. The van der Waals surface area contributed by atoms with E-state index in [2.05, 4.69) is 57.5 Å². The van der Waals surface area contributed by atoms with Crippen LogP contribution in [0.3, 0.4) is 0 Å². The van der Waals surface area contributed by atoms with Gasteiger partial charge in [0.1, 0.15) is 0 Å². The van der Waals surface area contributed by atoms with E-state index in [-0.39, 0.29) is 6.04 Å². The quantitative estimate of drug-likeness (QED) is 0.923. The Morgan fingerprint density at radius 2 is 1.75 bits per heavy atom. The number of benzene rings is 1. The summed E-state index contributed by atoms with van der Waals surface area (Å²) < 4.78 is 2.09. The number of hydrogen-bond donors (Lipinski definition) is 1. The van der Waals surface area contributed by atoms with Gasteiger partial charge >= 0.3 is 0 Å². The summed E-state index contributed by atoms with van der Waals surface area (Å²) in [6.07, 6.45) is 0.941. The van der Waals surface area contributed by atoms with E-state index in [4.69, 9.17) is 10.8 Å². The molecule has 2 aromatic rings. The molecular weight excluding hydrogens is 246 g/mol. The van der Waals surface area contributed by atoms with Gasteiger partial charge in [0.05, 0.1) is 12.2 Å². The van der Waals surface area contributed by atoms with Crippen LogP contribution in [0.15, 0.2) is 18.2 Å². The van der Waals surface area contributed by atoms with Crippen LogP contribution in [0, 0.1) is 27.7 Å². The van der Waals surface area contributed by atoms with Crippen LogP contribution in [0.1, 0.15) is 53.0 Å². The third kappa shape index (κ3) is 2.63. The summed E-state index contributed by atoms with van der Waals surface area (Å²) in [5.41, 5.74) is 13.7. The van der Waals surface area contributed by atoms with Gasteiger partial charge in [-0.2, -0.15) is 5.10 Å². The van der Waals surface area contributed by atoms with E-state index in [9.17, 15) is 0 Å². The van der Waals surface area contributed by atoms with Crippen LogP contribution in [0.5, 0.6) is 0 Å². The van der Waals surface area contributed by atoms with E-state index in [1.54, 1.807) is 0 Å². The Hall–Kier alpha value is -1.61. The molecule has 20 heavy (non-hydrogen) atoms. The topological polar surface area (TPSA) is 43.8 Å². The van der Waals surface area contributed by atoms with Crippen LogP contribution < -0.4 is 5.73 Å². The predicted molar refractivity (Wildman–Crippen MR) is 83.9 cm³/mol. The monoisotopic (exact) mass is 271 g/mol. The van der Waals surface area contributed by atoms with Gasteiger partial charge in [-0.1, -0.05) is 25.1 Å². The van der Waals surface area contributed by atoms with Gasteiger partial charge in [-0.15, -0.1) is 0 Å². The lowest BCUT2D eigenvalue weighted by atomic mass is 10.0. The zero-order valence-corrected chi connectivity index (χ0v) is 13.2. The Balaban J connectivity index is 2.40. The summed E-state index contributed by atoms with van der Waals surface area (Å²) in [6.45, 7) is 11.4. The minimum atomic E-state index is 0.0849. The second-order valence-electron chi connectivity index (χ2n) is 5.63. The SMILES string of the molecule is CCC(N)c1c(C)nn(Cc2c(C)cccc2C)c1C. The van der Waals surface area contributed by atoms with Crippen molar-refractivity contribution < 1.29 is 0 Å². The lowest BCUT2D eigenvalue weighted by molar-refractivity contribution is 0.646. The van der Waals surface area contributed by atoms with Crippen molar-refractivity contribution in [2.75, 3.05) is 0 Å². The first-order valence-corrected chi connectivity index (χ1v) is 7.30. The van der Waals surface area contributed by atoms with E-state index in [1.165, 1.54) is 27.9 Å². The van der Waals surface area contributed by atoms with Crippen molar-refractivity contribution in [3.63, 3.8) is 0 Å². The van der Waals surface area contributed by atoms with Gasteiger partial charge in [-0.25, -0.2) is 0 Å². The molecule has 0 fully saturated rings. The molecule has 3 nitrogen and oxygen atoms in total. The van der Waals surface area contributed by atoms with Crippen molar-refractivity contribution in [1.29, 1.82) is 0 Å². The van der Waals surface area contributed by atoms with Gasteiger partial charge in [0.15, 0.2) is 0 Å². The zero-order chi connectivity index (χ0) is 14.9. The summed E-state index contributed by atoms with van der Waals surface area (Å²) in [4.78, 5) is 0. The molecule has 0 spiro atoms. The minimum Gasteiger partial charge on any atom is -0.324 e. The fourth-order valence-corrected chi connectivity index (χ4v) is 2.85. The van der Waals surface area contributed by atoms with Gasteiger partial charge in [0.25, 0.3) is 0 Å². The molecule has 0 aliphatic rings. The Labute approximate surface area is 121 Å². The number of nitrogens with two attached hydrogens (primary N) is 1. The van der Waals surface area contributed by atoms with Crippen molar-refractivity contribution in [3.05, 3.63) is 51.8 Å². The molecule has 0 bridgehead atoms. The molecule has 1 aromatic heterocycles. The largest absolute Gasteiger partial charge is 0.324 e. The van der Waals surface area contributed by atoms with Gasteiger partial charge in [0, 0.05) is 17.3 Å². The summed E-state index contributed by atoms with van der Waals surface area (Å²) in [6, 6.07) is 6.51. The second kappa shape index (κ2) is 5.80. The molecule has 1 heterocycles. The molecule has 0 aliphatic carbocycles. The van der Waals surface area contributed by atoms with E-state index < -0.39 is 0 Å². The van der Waals surface area contributed by atoms with Gasteiger partial charge in [-0.3, -0.25) is 4.68 Å². The molecule has 1 unspecified atom stereocenters. The molecule has 0 amide bonds. The minimum absolute atomic E-state index is 0.0849. The molecule has 0 saturated carbocycles. The Bertz CT molecular complexity index is 591. The average molecular weight is 271 g/mol. The Morgan fingerprint density at radius 1 is 1.15 bits per heavy atom. The van der Waals surface area contributed by atoms with Gasteiger partial charge < -0.3 is 5.73 Å². The van der Waals surface area contributed by atoms with E-state index in [1.807, 2.05) is 0 Å². The molecule has 1 atom stereocenters. The van der Waals surface area contributed by atoms with Crippen LogP contribution in [-0.4, -0.2) is 9.78 Å². The van der Waals surface area contributed by atoms with E-state index >= 15 is 0 Å². The first-order valence-electron chi connectivity index (χ1n) is 7.30. The number of aryl methyl sites for hydroxylation is 3. The highest BCUT2D eigenvalue weighted by Crippen LogP contribution is 2.24. The van der Waals surface area contributed by atoms with Gasteiger partial charge in [-0.05, 0) is 50.8 Å². The number of nitrogens with zero attached hydrogens (tertiary/aromatic N) is 2. The molecule has 3 heteroatoms. The molecule has 108 valence electrons. The standard InChI is InChI=1S/C17H25N3/c1-6-16(18)17-13(4)19-20(14(17)5)10-15-11(2)8-7-9-12(15)3/h7-9,16H,6,10,18H2,1-5H3. The van der Waals surface area contributed by atoms with Crippen molar-refractivity contribution in [2.24, 2.45) is 5.73 Å². The zero-order valence-electron chi connectivity index (χ0n) is 13.2. The highest BCUT2D eigenvalue weighted by molar-refractivity contribution is 5.35. The Kier molecular flexibility index (Phi) is 4.29. The molecule has 0 saturated heterocycles. The summed E-state index contributed by atoms with van der Waals surface area (Å²) in [7, 11) is 0. The number of rotatable bonds is 4. The van der Waals surface area contributed by atoms with E-state index in [0.29, 0.717) is 0 Å². The Morgan fingerprint density at radius 3 is 2.30 bits per heavy atom. The number of hydrogen-bond acceptors (Lipinski definition) is 2. The summed E-state index contributed by atoms with van der Waals surface area (Å²) in [5.74, 6) is 0.